The molecule has 4 amide bonds. The van der Waals surface area contributed by atoms with Gasteiger partial charge in [0.15, 0.2) is 0 Å². The Morgan fingerprint density at radius 2 is 1.21 bits per heavy atom. The van der Waals surface area contributed by atoms with E-state index in [9.17, 15) is 14.4 Å². The highest BCUT2D eigenvalue weighted by Crippen LogP contribution is 2.14. The molecule has 0 aliphatic carbocycles. The molecule has 0 saturated carbocycles. The molecule has 0 bridgehead atoms. The molecular formula is C7H12N4O3. The zero-order chi connectivity index (χ0) is 11.0. The van der Waals surface area contributed by atoms with E-state index in [0.29, 0.717) is 9.80 Å². The molecule has 7 heteroatoms. The minimum atomic E-state index is -0.928. The summed E-state index contributed by atoms with van der Waals surface area (Å²) in [7, 11) is 0. The van der Waals surface area contributed by atoms with Crippen molar-refractivity contribution in [2.75, 3.05) is 0 Å². The lowest BCUT2D eigenvalue weighted by Gasteiger charge is -2.20. The van der Waals surface area contributed by atoms with Crippen LogP contribution in [0.3, 0.4) is 0 Å². The van der Waals surface area contributed by atoms with Crippen LogP contribution in [0, 0.1) is 0 Å². The first-order chi connectivity index (χ1) is 6.37. The summed E-state index contributed by atoms with van der Waals surface area (Å²) in [5.74, 6) is -1.86. The van der Waals surface area contributed by atoms with Crippen LogP contribution in [0.5, 0.6) is 0 Å². The number of rotatable bonds is 2. The predicted molar refractivity (Wildman–Crippen MR) is 46.4 cm³/mol. The van der Waals surface area contributed by atoms with E-state index >= 15 is 0 Å². The van der Waals surface area contributed by atoms with Gasteiger partial charge in [-0.1, -0.05) is 0 Å². The van der Waals surface area contributed by atoms with E-state index in [0.717, 1.165) is 0 Å². The Labute approximate surface area is 80.6 Å². The molecule has 0 radical (unpaired) electrons. The maximum absolute atomic E-state index is 11.5. The zero-order valence-electron chi connectivity index (χ0n) is 7.93. The summed E-state index contributed by atoms with van der Waals surface area (Å²) in [6.45, 7) is 2.88. The van der Waals surface area contributed by atoms with Crippen molar-refractivity contribution in [2.24, 2.45) is 11.5 Å². The third-order valence-corrected chi connectivity index (χ3v) is 1.85. The molecular weight excluding hydrogens is 188 g/mol. The van der Waals surface area contributed by atoms with Crippen LogP contribution < -0.4 is 11.5 Å². The van der Waals surface area contributed by atoms with Gasteiger partial charge < -0.3 is 11.5 Å². The molecule has 0 aromatic heterocycles. The van der Waals surface area contributed by atoms with Gasteiger partial charge in [-0.05, 0) is 13.8 Å². The van der Waals surface area contributed by atoms with Crippen molar-refractivity contribution in [3.63, 3.8) is 0 Å². The van der Waals surface area contributed by atoms with E-state index in [1.165, 1.54) is 13.8 Å². The van der Waals surface area contributed by atoms with Crippen molar-refractivity contribution in [3.05, 3.63) is 0 Å². The molecule has 1 fully saturated rings. The van der Waals surface area contributed by atoms with Crippen molar-refractivity contribution in [1.82, 2.24) is 9.80 Å². The number of imide groups is 2. The monoisotopic (exact) mass is 200 g/mol. The Balaban J connectivity index is 3.03. The molecule has 1 saturated heterocycles. The molecule has 4 N–H and O–H groups in total. The van der Waals surface area contributed by atoms with Crippen LogP contribution in [0.2, 0.25) is 0 Å². The number of hydrogen-bond acceptors (Lipinski definition) is 5. The van der Waals surface area contributed by atoms with Gasteiger partial charge in [-0.15, -0.1) is 0 Å². The van der Waals surface area contributed by atoms with Gasteiger partial charge in [-0.25, -0.2) is 14.6 Å². The standard InChI is InChI=1S/C7H12N4O3/c1-3(8)10-5(12)6(13)11(4(2)9)7(10)14/h3-4H,8-9H2,1-2H3. The molecule has 2 atom stereocenters. The second kappa shape index (κ2) is 3.35. The van der Waals surface area contributed by atoms with Gasteiger partial charge in [0, 0.05) is 0 Å². The third-order valence-electron chi connectivity index (χ3n) is 1.85. The van der Waals surface area contributed by atoms with Crippen molar-refractivity contribution >= 4 is 17.8 Å². The maximum atomic E-state index is 11.5. The largest absolute Gasteiger partial charge is 0.336 e. The number of carbonyl (C=O) groups is 3. The Morgan fingerprint density at radius 3 is 1.36 bits per heavy atom. The van der Waals surface area contributed by atoms with E-state index in [1.54, 1.807) is 0 Å². The van der Waals surface area contributed by atoms with Gasteiger partial charge in [0.05, 0.1) is 12.3 Å². The molecule has 2 unspecified atom stereocenters. The van der Waals surface area contributed by atoms with E-state index in [1.807, 2.05) is 0 Å². The lowest BCUT2D eigenvalue weighted by molar-refractivity contribution is -0.144. The second-order valence-electron chi connectivity index (χ2n) is 3.11. The minimum Gasteiger partial charge on any atom is -0.311 e. The number of amides is 4. The summed E-state index contributed by atoms with van der Waals surface area (Å²) in [6.07, 6.45) is -1.66. The first kappa shape index (κ1) is 10.6. The average molecular weight is 200 g/mol. The predicted octanol–water partition coefficient (Wildman–Crippen LogP) is -1.61. The Bertz CT molecular complexity index is 271. The molecule has 0 aromatic rings. The summed E-state index contributed by atoms with van der Waals surface area (Å²) < 4.78 is 0. The second-order valence-corrected chi connectivity index (χ2v) is 3.11. The number of nitrogens with zero attached hydrogens (tertiary/aromatic N) is 2. The van der Waals surface area contributed by atoms with Crippen molar-refractivity contribution in [3.8, 4) is 0 Å². The van der Waals surface area contributed by atoms with Crippen LogP contribution in [-0.2, 0) is 9.59 Å². The third kappa shape index (κ3) is 1.36. The molecule has 1 heterocycles. The van der Waals surface area contributed by atoms with Crippen molar-refractivity contribution in [2.45, 2.75) is 26.2 Å². The topological polar surface area (TPSA) is 110 Å². The quantitative estimate of drug-likeness (QED) is 0.411. The highest BCUT2D eigenvalue weighted by atomic mass is 16.2. The van der Waals surface area contributed by atoms with Gasteiger partial charge in [0.2, 0.25) is 0 Å². The lowest BCUT2D eigenvalue weighted by Crippen LogP contribution is -2.47. The molecule has 14 heavy (non-hydrogen) atoms. The van der Waals surface area contributed by atoms with Crippen LogP contribution in [0.1, 0.15) is 13.8 Å². The van der Waals surface area contributed by atoms with Crippen LogP contribution in [0.4, 0.5) is 4.79 Å². The van der Waals surface area contributed by atoms with Crippen LogP contribution in [0.25, 0.3) is 0 Å². The number of nitrogens with two attached hydrogens (primary N) is 2. The fraction of sp³-hybridized carbons (Fsp3) is 0.571. The minimum absolute atomic E-state index is 0.686. The van der Waals surface area contributed by atoms with E-state index < -0.39 is 30.2 Å². The molecule has 0 spiro atoms. The molecule has 78 valence electrons. The van der Waals surface area contributed by atoms with Gasteiger partial charge in [-0.3, -0.25) is 9.59 Å². The van der Waals surface area contributed by atoms with Gasteiger partial charge in [-0.2, -0.15) is 0 Å². The number of carbonyl (C=O) groups excluding carboxylic acids is 3. The Hall–Kier alpha value is -1.47. The average Bonchev–Trinajstić information content (AvgIpc) is 2.23. The van der Waals surface area contributed by atoms with Gasteiger partial charge >= 0.3 is 17.8 Å². The van der Waals surface area contributed by atoms with E-state index in [2.05, 4.69) is 0 Å². The summed E-state index contributed by atoms with van der Waals surface area (Å²) in [4.78, 5) is 35.3. The normalized spacial score (nSPS) is 21.9. The summed E-state index contributed by atoms with van der Waals surface area (Å²) in [6, 6.07) is -0.759. The summed E-state index contributed by atoms with van der Waals surface area (Å²) in [5, 5.41) is 0. The first-order valence-electron chi connectivity index (χ1n) is 4.09. The van der Waals surface area contributed by atoms with E-state index in [4.69, 9.17) is 11.5 Å². The Kier molecular flexibility index (Phi) is 2.54. The van der Waals surface area contributed by atoms with Crippen molar-refractivity contribution < 1.29 is 14.4 Å². The summed E-state index contributed by atoms with van der Waals surface area (Å²) in [5.41, 5.74) is 10.7. The molecule has 0 aromatic carbocycles. The SMILES string of the molecule is CC(N)N1C(=O)C(=O)N(C(C)N)C1=O. The fourth-order valence-electron chi connectivity index (χ4n) is 1.21. The fourth-order valence-corrected chi connectivity index (χ4v) is 1.21. The maximum Gasteiger partial charge on any atom is 0.336 e. The highest BCUT2D eigenvalue weighted by molar-refractivity contribution is 6.44. The summed E-state index contributed by atoms with van der Waals surface area (Å²) >= 11 is 0. The Morgan fingerprint density at radius 1 is 0.929 bits per heavy atom. The van der Waals surface area contributed by atoms with Crippen LogP contribution >= 0.6 is 0 Å². The molecule has 7 nitrogen and oxygen atoms in total. The smallest absolute Gasteiger partial charge is 0.311 e. The lowest BCUT2D eigenvalue weighted by atomic mass is 10.4. The van der Waals surface area contributed by atoms with E-state index in [-0.39, 0.29) is 0 Å². The van der Waals surface area contributed by atoms with Crippen LogP contribution in [0.15, 0.2) is 0 Å². The highest BCUT2D eigenvalue weighted by Gasteiger charge is 2.47. The number of urea groups is 1. The van der Waals surface area contributed by atoms with Crippen molar-refractivity contribution in [1.29, 1.82) is 0 Å². The number of hydrogen-bond donors (Lipinski definition) is 2. The molecule has 1 rings (SSSR count). The molecule has 1 aliphatic heterocycles. The van der Waals surface area contributed by atoms with Gasteiger partial charge in [0.25, 0.3) is 0 Å². The van der Waals surface area contributed by atoms with Gasteiger partial charge in [0.1, 0.15) is 0 Å². The molecule has 1 aliphatic rings. The zero-order valence-corrected chi connectivity index (χ0v) is 7.93. The first-order valence-corrected chi connectivity index (χ1v) is 4.09. The van der Waals surface area contributed by atoms with Crippen LogP contribution in [-0.4, -0.2) is 40.0 Å².